The maximum atomic E-state index is 10.4. The topological polar surface area (TPSA) is 34.4 Å². The van der Waals surface area contributed by atoms with E-state index < -0.39 is 0 Å². The van der Waals surface area contributed by atoms with Gasteiger partial charge in [-0.1, -0.05) is 13.8 Å². The van der Waals surface area contributed by atoms with E-state index in [1.54, 1.807) is 0 Å². The fraction of sp³-hybridized carbons (Fsp3) is 0.765. The Labute approximate surface area is 121 Å². The van der Waals surface area contributed by atoms with Gasteiger partial charge in [-0.15, -0.1) is 0 Å². The van der Waals surface area contributed by atoms with E-state index in [0.717, 1.165) is 38.0 Å². The van der Waals surface area contributed by atoms with E-state index in [1.807, 2.05) is 0 Å². The number of hydrogen-bond donors (Lipinski definition) is 1. The van der Waals surface area contributed by atoms with Crippen LogP contribution in [0.15, 0.2) is 6.07 Å². The summed E-state index contributed by atoms with van der Waals surface area (Å²) in [4.78, 5) is 0. The zero-order chi connectivity index (χ0) is 14.5. The van der Waals surface area contributed by atoms with Gasteiger partial charge in [-0.3, -0.25) is 0 Å². The van der Waals surface area contributed by atoms with Crippen molar-refractivity contribution in [2.45, 2.75) is 65.7 Å². The van der Waals surface area contributed by atoms with E-state index in [9.17, 15) is 5.11 Å². The van der Waals surface area contributed by atoms with Crippen LogP contribution in [0.2, 0.25) is 0 Å². The first-order valence-corrected chi connectivity index (χ1v) is 7.86. The van der Waals surface area contributed by atoms with Crippen molar-refractivity contribution in [3.8, 4) is 0 Å². The first kappa shape index (κ1) is 14.2. The molecule has 112 valence electrons. The molecule has 0 bridgehead atoms. The lowest BCUT2D eigenvalue weighted by Gasteiger charge is -2.34. The lowest BCUT2D eigenvalue weighted by atomic mass is 9.75. The molecule has 2 heterocycles. The molecule has 0 aromatic carbocycles. The Morgan fingerprint density at radius 2 is 2.20 bits per heavy atom. The molecule has 0 amide bonds. The molecule has 3 heteroatoms. The number of aliphatic hydroxyl groups is 1. The molecule has 2 aliphatic rings. The summed E-state index contributed by atoms with van der Waals surface area (Å²) in [5.74, 6) is 0.604. The highest BCUT2D eigenvalue weighted by molar-refractivity contribution is 5.33. The molecule has 1 aliphatic carbocycles. The van der Waals surface area contributed by atoms with Crippen LogP contribution in [0.3, 0.4) is 0 Å². The smallest absolute Gasteiger partial charge is 0.0812 e. The van der Waals surface area contributed by atoms with Gasteiger partial charge < -0.3 is 14.4 Å². The molecular weight excluding hydrogens is 250 g/mol. The Bertz CT molecular complexity index is 503. The molecule has 3 rings (SSSR count). The number of aliphatic hydroxyl groups excluding tert-OH is 1. The highest BCUT2D eigenvalue weighted by Crippen LogP contribution is 2.42. The second-order valence-corrected chi connectivity index (χ2v) is 7.48. The second kappa shape index (κ2) is 4.88. The van der Waals surface area contributed by atoms with Gasteiger partial charge in [0.15, 0.2) is 0 Å². The Kier molecular flexibility index (Phi) is 3.46. The van der Waals surface area contributed by atoms with Crippen LogP contribution in [0.1, 0.15) is 56.7 Å². The molecule has 0 radical (unpaired) electrons. The maximum absolute atomic E-state index is 10.4. The van der Waals surface area contributed by atoms with Crippen molar-refractivity contribution in [1.82, 2.24) is 4.57 Å². The number of ether oxygens (including phenoxy) is 1. The molecule has 1 aliphatic heterocycles. The van der Waals surface area contributed by atoms with Crippen molar-refractivity contribution in [3.05, 3.63) is 23.0 Å². The van der Waals surface area contributed by atoms with E-state index in [-0.39, 0.29) is 11.5 Å². The number of aryl methyl sites for hydroxylation is 1. The Balaban J connectivity index is 1.92. The fourth-order valence-corrected chi connectivity index (χ4v) is 3.90. The lowest BCUT2D eigenvalue weighted by Crippen LogP contribution is -2.28. The minimum atomic E-state index is -0.300. The SMILES string of the molecule is Cc1cc2c(n1CC1CCOC1C)CC(C)(C)CC2O. The number of fused-ring (bicyclic) bond motifs is 1. The Morgan fingerprint density at radius 1 is 1.45 bits per heavy atom. The van der Waals surface area contributed by atoms with Crippen molar-refractivity contribution >= 4 is 0 Å². The molecule has 3 atom stereocenters. The molecule has 0 spiro atoms. The normalized spacial score (nSPS) is 32.4. The van der Waals surface area contributed by atoms with Crippen LogP contribution in [-0.4, -0.2) is 22.4 Å². The van der Waals surface area contributed by atoms with Crippen molar-refractivity contribution in [3.63, 3.8) is 0 Å². The minimum Gasteiger partial charge on any atom is -0.388 e. The fourth-order valence-electron chi connectivity index (χ4n) is 3.90. The van der Waals surface area contributed by atoms with Gasteiger partial charge in [-0.2, -0.15) is 0 Å². The second-order valence-electron chi connectivity index (χ2n) is 7.48. The predicted molar refractivity (Wildman–Crippen MR) is 79.8 cm³/mol. The predicted octanol–water partition coefficient (Wildman–Crippen LogP) is 3.23. The highest BCUT2D eigenvalue weighted by atomic mass is 16.5. The van der Waals surface area contributed by atoms with Crippen LogP contribution in [0.5, 0.6) is 0 Å². The summed E-state index contributed by atoms with van der Waals surface area (Å²) < 4.78 is 8.14. The third kappa shape index (κ3) is 2.42. The summed E-state index contributed by atoms with van der Waals surface area (Å²) in [5, 5.41) is 10.4. The summed E-state index contributed by atoms with van der Waals surface area (Å²) in [5.41, 5.74) is 3.98. The summed E-state index contributed by atoms with van der Waals surface area (Å²) in [6.07, 6.45) is 3.14. The highest BCUT2D eigenvalue weighted by Gasteiger charge is 2.35. The number of aromatic nitrogens is 1. The van der Waals surface area contributed by atoms with Crippen molar-refractivity contribution in [1.29, 1.82) is 0 Å². The van der Waals surface area contributed by atoms with Gasteiger partial charge in [0.25, 0.3) is 0 Å². The first-order valence-electron chi connectivity index (χ1n) is 7.86. The third-order valence-electron chi connectivity index (χ3n) is 5.15. The van der Waals surface area contributed by atoms with E-state index in [4.69, 9.17) is 4.74 Å². The van der Waals surface area contributed by atoms with Gasteiger partial charge in [0.05, 0.1) is 12.2 Å². The summed E-state index contributed by atoms with van der Waals surface area (Å²) in [6, 6.07) is 2.19. The largest absolute Gasteiger partial charge is 0.388 e. The monoisotopic (exact) mass is 277 g/mol. The van der Waals surface area contributed by atoms with Gasteiger partial charge in [-0.05, 0) is 44.6 Å². The van der Waals surface area contributed by atoms with Crippen LogP contribution in [0, 0.1) is 18.3 Å². The Hall–Kier alpha value is -0.800. The van der Waals surface area contributed by atoms with Gasteiger partial charge in [0.2, 0.25) is 0 Å². The standard InChI is InChI=1S/C17H27NO2/c1-11-7-14-15(8-17(3,4)9-16(14)19)18(11)10-13-5-6-20-12(13)2/h7,12-13,16,19H,5-6,8-10H2,1-4H3. The summed E-state index contributed by atoms with van der Waals surface area (Å²) in [7, 11) is 0. The first-order chi connectivity index (χ1) is 9.37. The third-order valence-corrected chi connectivity index (χ3v) is 5.15. The summed E-state index contributed by atoms with van der Waals surface area (Å²) >= 11 is 0. The molecule has 1 N–H and O–H groups in total. The lowest BCUT2D eigenvalue weighted by molar-refractivity contribution is 0.0938. The number of nitrogens with zero attached hydrogens (tertiary/aromatic N) is 1. The Morgan fingerprint density at radius 3 is 2.85 bits per heavy atom. The van der Waals surface area contributed by atoms with E-state index in [2.05, 4.69) is 38.3 Å². The van der Waals surface area contributed by atoms with Crippen LogP contribution >= 0.6 is 0 Å². The molecule has 1 aromatic heterocycles. The molecule has 20 heavy (non-hydrogen) atoms. The average molecular weight is 277 g/mol. The van der Waals surface area contributed by atoms with Gasteiger partial charge in [0, 0.05) is 36.0 Å². The molecular formula is C17H27NO2. The summed E-state index contributed by atoms with van der Waals surface area (Å²) in [6.45, 7) is 10.8. The average Bonchev–Trinajstić information content (AvgIpc) is 2.86. The van der Waals surface area contributed by atoms with Crippen molar-refractivity contribution in [2.24, 2.45) is 11.3 Å². The van der Waals surface area contributed by atoms with Crippen molar-refractivity contribution < 1.29 is 9.84 Å². The zero-order valence-electron chi connectivity index (χ0n) is 13.1. The van der Waals surface area contributed by atoms with E-state index >= 15 is 0 Å². The van der Waals surface area contributed by atoms with E-state index in [1.165, 1.54) is 11.4 Å². The molecule has 3 nitrogen and oxygen atoms in total. The molecule has 1 aromatic rings. The number of rotatable bonds is 2. The molecule has 3 unspecified atom stereocenters. The van der Waals surface area contributed by atoms with Crippen LogP contribution in [0.4, 0.5) is 0 Å². The number of hydrogen-bond acceptors (Lipinski definition) is 2. The molecule has 1 fully saturated rings. The molecule has 0 saturated carbocycles. The zero-order valence-corrected chi connectivity index (χ0v) is 13.1. The molecule has 1 saturated heterocycles. The minimum absolute atomic E-state index is 0.187. The van der Waals surface area contributed by atoms with Crippen LogP contribution in [0.25, 0.3) is 0 Å². The van der Waals surface area contributed by atoms with Gasteiger partial charge in [-0.25, -0.2) is 0 Å². The maximum Gasteiger partial charge on any atom is 0.0812 e. The van der Waals surface area contributed by atoms with Crippen LogP contribution < -0.4 is 0 Å². The van der Waals surface area contributed by atoms with Crippen LogP contribution in [-0.2, 0) is 17.7 Å². The quantitative estimate of drug-likeness (QED) is 0.900. The van der Waals surface area contributed by atoms with Gasteiger partial charge >= 0.3 is 0 Å². The van der Waals surface area contributed by atoms with E-state index in [0.29, 0.717) is 12.0 Å². The van der Waals surface area contributed by atoms with Crippen molar-refractivity contribution in [2.75, 3.05) is 6.61 Å². The van der Waals surface area contributed by atoms with Gasteiger partial charge in [0.1, 0.15) is 0 Å².